The molecule has 0 aliphatic heterocycles. The highest BCUT2D eigenvalue weighted by molar-refractivity contribution is 5.15. The molecule has 0 fully saturated rings. The molecule has 0 saturated heterocycles. The van der Waals surface area contributed by atoms with Gasteiger partial charge in [0, 0.05) is 43.8 Å². The molecule has 2 aromatic heterocycles. The second kappa shape index (κ2) is 5.63. The van der Waals surface area contributed by atoms with Crippen LogP contribution in [0.1, 0.15) is 17.7 Å². The first-order valence-corrected chi connectivity index (χ1v) is 5.93. The molecule has 92 valence electrons. The molecule has 0 unspecified atom stereocenters. The van der Waals surface area contributed by atoms with Crippen LogP contribution in [0.4, 0.5) is 0 Å². The molecule has 1 N–H and O–H groups in total. The SMILES string of the molecule is Cc1c(CNCCCn2cccn2)cnn1C. The summed E-state index contributed by atoms with van der Waals surface area (Å²) in [6.07, 6.45) is 6.81. The summed E-state index contributed by atoms with van der Waals surface area (Å²) < 4.78 is 3.86. The Kier molecular flexibility index (Phi) is 3.93. The van der Waals surface area contributed by atoms with Gasteiger partial charge >= 0.3 is 0 Å². The molecule has 2 aromatic rings. The molecule has 0 aliphatic rings. The van der Waals surface area contributed by atoms with Crippen LogP contribution >= 0.6 is 0 Å². The fourth-order valence-corrected chi connectivity index (χ4v) is 1.74. The van der Waals surface area contributed by atoms with Crippen molar-refractivity contribution in [1.29, 1.82) is 0 Å². The summed E-state index contributed by atoms with van der Waals surface area (Å²) in [6, 6.07) is 1.95. The van der Waals surface area contributed by atoms with Crippen molar-refractivity contribution in [3.63, 3.8) is 0 Å². The molecule has 5 heteroatoms. The molecule has 0 saturated carbocycles. The van der Waals surface area contributed by atoms with Gasteiger partial charge in [0.15, 0.2) is 0 Å². The average molecular weight is 233 g/mol. The van der Waals surface area contributed by atoms with Crippen LogP contribution in [0.15, 0.2) is 24.7 Å². The largest absolute Gasteiger partial charge is 0.312 e. The maximum atomic E-state index is 4.22. The van der Waals surface area contributed by atoms with Crippen molar-refractivity contribution in [1.82, 2.24) is 24.9 Å². The predicted molar refractivity (Wildman–Crippen MR) is 66.5 cm³/mol. The van der Waals surface area contributed by atoms with Crippen molar-refractivity contribution in [3.8, 4) is 0 Å². The van der Waals surface area contributed by atoms with Gasteiger partial charge < -0.3 is 5.32 Å². The Balaban J connectivity index is 1.65. The number of hydrogen-bond acceptors (Lipinski definition) is 3. The Morgan fingerprint density at radius 2 is 2.24 bits per heavy atom. The van der Waals surface area contributed by atoms with Gasteiger partial charge in [-0.3, -0.25) is 9.36 Å². The molecular formula is C12H19N5. The van der Waals surface area contributed by atoms with E-state index in [1.54, 1.807) is 0 Å². The average Bonchev–Trinajstić information content (AvgIpc) is 2.93. The Morgan fingerprint density at radius 3 is 2.88 bits per heavy atom. The van der Waals surface area contributed by atoms with Crippen LogP contribution < -0.4 is 5.32 Å². The van der Waals surface area contributed by atoms with Gasteiger partial charge in [0.2, 0.25) is 0 Å². The van der Waals surface area contributed by atoms with E-state index in [4.69, 9.17) is 0 Å². The fraction of sp³-hybridized carbons (Fsp3) is 0.500. The highest BCUT2D eigenvalue weighted by Gasteiger charge is 2.02. The lowest BCUT2D eigenvalue weighted by molar-refractivity contribution is 0.543. The smallest absolute Gasteiger partial charge is 0.0537 e. The Morgan fingerprint density at radius 1 is 1.35 bits per heavy atom. The first-order valence-electron chi connectivity index (χ1n) is 5.93. The zero-order valence-electron chi connectivity index (χ0n) is 10.4. The van der Waals surface area contributed by atoms with E-state index in [1.807, 2.05) is 41.1 Å². The van der Waals surface area contributed by atoms with Crippen LogP contribution in [0.2, 0.25) is 0 Å². The van der Waals surface area contributed by atoms with Crippen LogP contribution in [0.5, 0.6) is 0 Å². The zero-order valence-corrected chi connectivity index (χ0v) is 10.4. The highest BCUT2D eigenvalue weighted by Crippen LogP contribution is 2.04. The number of aryl methyl sites for hydroxylation is 2. The quantitative estimate of drug-likeness (QED) is 0.760. The van der Waals surface area contributed by atoms with Crippen LogP contribution in [-0.4, -0.2) is 26.1 Å². The topological polar surface area (TPSA) is 47.7 Å². The van der Waals surface area contributed by atoms with E-state index in [-0.39, 0.29) is 0 Å². The van der Waals surface area contributed by atoms with Crippen LogP contribution in [0, 0.1) is 6.92 Å². The Labute approximate surface area is 101 Å². The summed E-state index contributed by atoms with van der Waals surface area (Å²) in [5.41, 5.74) is 2.50. The standard InChI is InChI=1S/C12H19N5/c1-11-12(10-15-16(11)2)9-13-5-3-7-17-8-4-6-14-17/h4,6,8,10,13H,3,5,7,9H2,1-2H3. The van der Waals surface area contributed by atoms with Crippen molar-refractivity contribution in [2.24, 2.45) is 7.05 Å². The fourth-order valence-electron chi connectivity index (χ4n) is 1.74. The van der Waals surface area contributed by atoms with E-state index >= 15 is 0 Å². The van der Waals surface area contributed by atoms with E-state index in [0.717, 1.165) is 26.1 Å². The summed E-state index contributed by atoms with van der Waals surface area (Å²) in [6.45, 7) is 4.94. The maximum absolute atomic E-state index is 4.22. The molecule has 2 rings (SSSR count). The van der Waals surface area contributed by atoms with Crippen LogP contribution in [-0.2, 0) is 20.1 Å². The number of nitrogens with one attached hydrogen (secondary N) is 1. The predicted octanol–water partition coefficient (Wildman–Crippen LogP) is 1.10. The van der Waals surface area contributed by atoms with Gasteiger partial charge in [0.25, 0.3) is 0 Å². The Hall–Kier alpha value is -1.62. The highest BCUT2D eigenvalue weighted by atomic mass is 15.3. The van der Waals surface area contributed by atoms with Crippen LogP contribution in [0.25, 0.3) is 0 Å². The van der Waals surface area contributed by atoms with Gasteiger partial charge in [-0.1, -0.05) is 0 Å². The third-order valence-corrected chi connectivity index (χ3v) is 2.95. The summed E-state index contributed by atoms with van der Waals surface area (Å²) in [5.74, 6) is 0. The summed E-state index contributed by atoms with van der Waals surface area (Å²) >= 11 is 0. The van der Waals surface area contributed by atoms with Crippen molar-refractivity contribution < 1.29 is 0 Å². The van der Waals surface area contributed by atoms with E-state index in [2.05, 4.69) is 22.4 Å². The molecular weight excluding hydrogens is 214 g/mol. The van der Waals surface area contributed by atoms with Crippen molar-refractivity contribution in [2.75, 3.05) is 6.54 Å². The van der Waals surface area contributed by atoms with Crippen molar-refractivity contribution in [3.05, 3.63) is 35.9 Å². The first kappa shape index (κ1) is 11.9. The van der Waals surface area contributed by atoms with E-state index in [9.17, 15) is 0 Å². The van der Waals surface area contributed by atoms with Gasteiger partial charge in [0.1, 0.15) is 0 Å². The lowest BCUT2D eigenvalue weighted by Crippen LogP contribution is -2.17. The molecule has 0 radical (unpaired) electrons. The van der Waals surface area contributed by atoms with E-state index < -0.39 is 0 Å². The zero-order chi connectivity index (χ0) is 12.1. The lowest BCUT2D eigenvalue weighted by Gasteiger charge is -2.04. The molecule has 0 amide bonds. The summed E-state index contributed by atoms with van der Waals surface area (Å²) in [7, 11) is 1.97. The van der Waals surface area contributed by atoms with Gasteiger partial charge in [-0.25, -0.2) is 0 Å². The molecule has 17 heavy (non-hydrogen) atoms. The minimum Gasteiger partial charge on any atom is -0.312 e. The molecule has 0 aliphatic carbocycles. The van der Waals surface area contributed by atoms with Gasteiger partial charge in [0.05, 0.1) is 6.20 Å². The molecule has 2 heterocycles. The first-order chi connectivity index (χ1) is 8.27. The normalized spacial score (nSPS) is 10.9. The second-order valence-corrected chi connectivity index (χ2v) is 4.18. The van der Waals surface area contributed by atoms with Gasteiger partial charge in [-0.2, -0.15) is 10.2 Å². The number of hydrogen-bond donors (Lipinski definition) is 1. The number of aromatic nitrogens is 4. The molecule has 0 aromatic carbocycles. The second-order valence-electron chi connectivity index (χ2n) is 4.18. The van der Waals surface area contributed by atoms with Crippen LogP contribution in [0.3, 0.4) is 0 Å². The van der Waals surface area contributed by atoms with E-state index in [1.165, 1.54) is 11.3 Å². The molecule has 0 bridgehead atoms. The van der Waals surface area contributed by atoms with Gasteiger partial charge in [-0.15, -0.1) is 0 Å². The third kappa shape index (κ3) is 3.17. The number of nitrogens with zero attached hydrogens (tertiary/aromatic N) is 4. The van der Waals surface area contributed by atoms with Crippen molar-refractivity contribution >= 4 is 0 Å². The minimum atomic E-state index is 0.888. The molecule has 5 nitrogen and oxygen atoms in total. The summed E-state index contributed by atoms with van der Waals surface area (Å²) in [5, 5.41) is 11.8. The van der Waals surface area contributed by atoms with E-state index in [0.29, 0.717) is 0 Å². The van der Waals surface area contributed by atoms with Crippen molar-refractivity contribution in [2.45, 2.75) is 26.4 Å². The summed E-state index contributed by atoms with van der Waals surface area (Å²) in [4.78, 5) is 0. The molecule has 0 spiro atoms. The number of rotatable bonds is 6. The van der Waals surface area contributed by atoms with Gasteiger partial charge in [-0.05, 0) is 26.0 Å². The lowest BCUT2D eigenvalue weighted by atomic mass is 10.2. The monoisotopic (exact) mass is 233 g/mol. The molecule has 0 atom stereocenters. The maximum Gasteiger partial charge on any atom is 0.0537 e. The minimum absolute atomic E-state index is 0.888. The third-order valence-electron chi connectivity index (χ3n) is 2.95. The Bertz CT molecular complexity index is 443.